The van der Waals surface area contributed by atoms with Gasteiger partial charge in [-0.1, -0.05) is 19.4 Å². The zero-order chi connectivity index (χ0) is 23.4. The molecule has 1 aromatic carbocycles. The number of aromatic nitrogens is 3. The van der Waals surface area contributed by atoms with Crippen LogP contribution in [0.15, 0.2) is 55.1 Å². The van der Waals surface area contributed by atoms with Crippen LogP contribution in [0.25, 0.3) is 11.3 Å². The molecule has 1 N–H and O–H groups in total. The molecule has 0 saturated carbocycles. The van der Waals surface area contributed by atoms with Crippen molar-refractivity contribution >= 4 is 17.7 Å². The van der Waals surface area contributed by atoms with E-state index in [1.54, 1.807) is 41.8 Å². The Kier molecular flexibility index (Phi) is 6.63. The number of pyridine rings is 1. The van der Waals surface area contributed by atoms with E-state index in [0.29, 0.717) is 23.6 Å². The van der Waals surface area contributed by atoms with Crippen molar-refractivity contribution in [3.63, 3.8) is 0 Å². The summed E-state index contributed by atoms with van der Waals surface area (Å²) in [6.07, 6.45) is 7.91. The molecule has 3 aromatic rings. The molecule has 0 spiro atoms. The van der Waals surface area contributed by atoms with Gasteiger partial charge in [-0.15, -0.1) is 0 Å². The molecule has 2 atom stereocenters. The van der Waals surface area contributed by atoms with E-state index < -0.39 is 6.09 Å². The highest BCUT2D eigenvalue weighted by molar-refractivity contribution is 5.99. The van der Waals surface area contributed by atoms with Crippen molar-refractivity contribution in [1.82, 2.24) is 20.3 Å². The van der Waals surface area contributed by atoms with E-state index in [2.05, 4.69) is 27.2 Å². The maximum Gasteiger partial charge on any atom is 0.414 e. The van der Waals surface area contributed by atoms with Gasteiger partial charge in [-0.3, -0.25) is 24.6 Å². The number of benzene rings is 1. The van der Waals surface area contributed by atoms with Crippen molar-refractivity contribution < 1.29 is 14.3 Å². The number of amides is 2. The lowest BCUT2D eigenvalue weighted by atomic mass is 10.0. The molecule has 8 nitrogen and oxygen atoms in total. The topological polar surface area (TPSA) is 97.3 Å². The summed E-state index contributed by atoms with van der Waals surface area (Å²) in [5.74, 6) is -0.275. The Morgan fingerprint density at radius 1 is 1.21 bits per heavy atom. The first-order chi connectivity index (χ1) is 16.0. The number of ether oxygens (including phenoxy) is 1. The summed E-state index contributed by atoms with van der Waals surface area (Å²) in [5, 5.41) is 2.97. The Balaban J connectivity index is 1.72. The second-order valence-corrected chi connectivity index (χ2v) is 8.20. The van der Waals surface area contributed by atoms with Gasteiger partial charge in [0.25, 0.3) is 5.91 Å². The third kappa shape index (κ3) is 5.00. The second kappa shape index (κ2) is 9.77. The molecule has 1 fully saturated rings. The van der Waals surface area contributed by atoms with E-state index in [4.69, 9.17) is 4.74 Å². The molecular weight excluding hydrogens is 418 g/mol. The molecule has 1 saturated heterocycles. The van der Waals surface area contributed by atoms with Crippen LogP contribution in [0, 0.1) is 6.92 Å². The molecule has 1 aliphatic heterocycles. The highest BCUT2D eigenvalue weighted by Gasteiger charge is 2.34. The van der Waals surface area contributed by atoms with Crippen molar-refractivity contribution in [3.05, 3.63) is 71.9 Å². The van der Waals surface area contributed by atoms with Gasteiger partial charge in [0.15, 0.2) is 0 Å². The molecule has 2 amide bonds. The minimum absolute atomic E-state index is 0.0712. The molecule has 0 bridgehead atoms. The first kappa shape index (κ1) is 22.4. The summed E-state index contributed by atoms with van der Waals surface area (Å²) < 4.78 is 5.32. The SMILES string of the molecule is CCC[C@@H]1COC(=O)N1c1cc(C(=O)NC(C)c2cnccn2)cc(-c2ccc(C)cn2)c1. The van der Waals surface area contributed by atoms with Gasteiger partial charge in [-0.25, -0.2) is 4.79 Å². The highest BCUT2D eigenvalue weighted by atomic mass is 16.6. The molecule has 2 aromatic heterocycles. The monoisotopic (exact) mass is 445 g/mol. The molecule has 0 radical (unpaired) electrons. The number of cyclic esters (lactones) is 1. The van der Waals surface area contributed by atoms with Crippen LogP contribution < -0.4 is 10.2 Å². The second-order valence-electron chi connectivity index (χ2n) is 8.20. The number of nitrogens with one attached hydrogen (secondary N) is 1. The van der Waals surface area contributed by atoms with E-state index in [0.717, 1.165) is 29.7 Å². The van der Waals surface area contributed by atoms with Crippen LogP contribution >= 0.6 is 0 Å². The lowest BCUT2D eigenvalue weighted by Crippen LogP contribution is -2.34. The zero-order valence-electron chi connectivity index (χ0n) is 19.0. The number of carbonyl (C=O) groups excluding carboxylic acids is 2. The molecule has 170 valence electrons. The smallest absolute Gasteiger partial charge is 0.414 e. The van der Waals surface area contributed by atoms with E-state index >= 15 is 0 Å². The number of hydrogen-bond acceptors (Lipinski definition) is 6. The first-order valence-corrected chi connectivity index (χ1v) is 11.1. The fourth-order valence-corrected chi connectivity index (χ4v) is 3.88. The minimum Gasteiger partial charge on any atom is -0.447 e. The fourth-order valence-electron chi connectivity index (χ4n) is 3.88. The Bertz CT molecular complexity index is 1130. The normalized spacial score (nSPS) is 16.4. The lowest BCUT2D eigenvalue weighted by Gasteiger charge is -2.23. The minimum atomic E-state index is -0.401. The third-order valence-corrected chi connectivity index (χ3v) is 5.62. The maximum absolute atomic E-state index is 13.2. The van der Waals surface area contributed by atoms with Crippen LogP contribution in [-0.4, -0.2) is 39.6 Å². The molecular formula is C25H27N5O3. The third-order valence-electron chi connectivity index (χ3n) is 5.62. The van der Waals surface area contributed by atoms with Crippen LogP contribution in [-0.2, 0) is 4.74 Å². The summed E-state index contributed by atoms with van der Waals surface area (Å²) >= 11 is 0. The predicted molar refractivity (Wildman–Crippen MR) is 125 cm³/mol. The van der Waals surface area contributed by atoms with Crippen molar-refractivity contribution in [1.29, 1.82) is 0 Å². The number of rotatable bonds is 7. The molecule has 0 aliphatic carbocycles. The average Bonchev–Trinajstić information content (AvgIpc) is 3.20. The Morgan fingerprint density at radius 3 is 2.76 bits per heavy atom. The van der Waals surface area contributed by atoms with Crippen LogP contribution in [0.2, 0.25) is 0 Å². The van der Waals surface area contributed by atoms with Crippen molar-refractivity contribution in [2.45, 2.75) is 45.7 Å². The van der Waals surface area contributed by atoms with Crippen LogP contribution in [0.4, 0.5) is 10.5 Å². The quantitative estimate of drug-likeness (QED) is 0.577. The predicted octanol–water partition coefficient (Wildman–Crippen LogP) is 4.46. The Labute approximate surface area is 193 Å². The van der Waals surface area contributed by atoms with Gasteiger partial charge >= 0.3 is 6.09 Å². The van der Waals surface area contributed by atoms with Crippen molar-refractivity contribution in [2.24, 2.45) is 0 Å². The van der Waals surface area contributed by atoms with E-state index in [1.807, 2.05) is 32.0 Å². The molecule has 4 rings (SSSR count). The van der Waals surface area contributed by atoms with E-state index in [-0.39, 0.29) is 18.0 Å². The number of hydrogen-bond donors (Lipinski definition) is 1. The molecule has 1 aliphatic rings. The van der Waals surface area contributed by atoms with Gasteiger partial charge < -0.3 is 10.1 Å². The fraction of sp³-hybridized carbons (Fsp3) is 0.320. The van der Waals surface area contributed by atoms with Gasteiger partial charge in [-0.2, -0.15) is 0 Å². The van der Waals surface area contributed by atoms with Crippen LogP contribution in [0.1, 0.15) is 54.3 Å². The Morgan fingerprint density at radius 2 is 2.06 bits per heavy atom. The number of anilines is 1. The molecule has 8 heteroatoms. The summed E-state index contributed by atoms with van der Waals surface area (Å²) in [6.45, 7) is 6.23. The summed E-state index contributed by atoms with van der Waals surface area (Å²) in [6, 6.07) is 8.87. The summed E-state index contributed by atoms with van der Waals surface area (Å²) in [5.41, 5.74) is 4.21. The van der Waals surface area contributed by atoms with Crippen molar-refractivity contribution in [2.75, 3.05) is 11.5 Å². The summed E-state index contributed by atoms with van der Waals surface area (Å²) in [4.78, 5) is 40.3. The standard InChI is InChI=1S/C25H27N5O3/c1-4-5-20-15-33-25(32)30(20)21-11-18(22-7-6-16(2)13-28-22)10-19(12-21)24(31)29-17(3)23-14-26-8-9-27-23/h6-14,17,20H,4-5,15H2,1-3H3,(H,29,31)/t17?,20-/m1/s1. The van der Waals surface area contributed by atoms with Gasteiger partial charge in [0.1, 0.15) is 6.61 Å². The van der Waals surface area contributed by atoms with E-state index in [1.165, 1.54) is 0 Å². The maximum atomic E-state index is 13.2. The first-order valence-electron chi connectivity index (χ1n) is 11.1. The van der Waals surface area contributed by atoms with Crippen LogP contribution in [0.3, 0.4) is 0 Å². The van der Waals surface area contributed by atoms with Crippen molar-refractivity contribution in [3.8, 4) is 11.3 Å². The summed E-state index contributed by atoms with van der Waals surface area (Å²) in [7, 11) is 0. The number of carbonyl (C=O) groups is 2. The average molecular weight is 446 g/mol. The largest absolute Gasteiger partial charge is 0.447 e. The Hall–Kier alpha value is -3.81. The molecule has 33 heavy (non-hydrogen) atoms. The van der Waals surface area contributed by atoms with Gasteiger partial charge in [0.05, 0.1) is 29.7 Å². The van der Waals surface area contributed by atoms with Gasteiger partial charge in [0.2, 0.25) is 0 Å². The number of aryl methyl sites for hydroxylation is 1. The van der Waals surface area contributed by atoms with Gasteiger partial charge in [-0.05, 0) is 50.1 Å². The molecule has 3 heterocycles. The zero-order valence-corrected chi connectivity index (χ0v) is 19.0. The van der Waals surface area contributed by atoms with Crippen LogP contribution in [0.5, 0.6) is 0 Å². The molecule has 1 unspecified atom stereocenters. The lowest BCUT2D eigenvalue weighted by molar-refractivity contribution is 0.0939. The number of nitrogens with zero attached hydrogens (tertiary/aromatic N) is 4. The van der Waals surface area contributed by atoms with Gasteiger partial charge in [0, 0.05) is 35.4 Å². The highest BCUT2D eigenvalue weighted by Crippen LogP contribution is 2.31. The van der Waals surface area contributed by atoms with E-state index in [9.17, 15) is 9.59 Å².